The van der Waals surface area contributed by atoms with Gasteiger partial charge in [0, 0.05) is 20.0 Å². The van der Waals surface area contributed by atoms with Crippen molar-refractivity contribution in [2.75, 3.05) is 30.8 Å². The molecule has 7 heteroatoms. The van der Waals surface area contributed by atoms with Crippen LogP contribution < -0.4 is 10.6 Å². The molecule has 0 saturated carbocycles. The number of anilines is 2. The van der Waals surface area contributed by atoms with Crippen LogP contribution in [0.4, 0.5) is 11.6 Å². The van der Waals surface area contributed by atoms with Gasteiger partial charge in [0.25, 0.3) is 0 Å². The lowest BCUT2D eigenvalue weighted by molar-refractivity contribution is -0.143. The highest BCUT2D eigenvalue weighted by atomic mass is 79.9. The van der Waals surface area contributed by atoms with E-state index >= 15 is 0 Å². The number of ether oxygens (including phenoxy) is 1. The molecule has 0 bridgehead atoms. The number of hydrogen-bond donors (Lipinski definition) is 2. The summed E-state index contributed by atoms with van der Waals surface area (Å²) in [6, 6.07) is 0. The number of rotatable bonds is 7. The van der Waals surface area contributed by atoms with Gasteiger partial charge in [-0.25, -0.2) is 9.97 Å². The van der Waals surface area contributed by atoms with Crippen LogP contribution in [0.25, 0.3) is 0 Å². The Labute approximate surface area is 115 Å². The van der Waals surface area contributed by atoms with E-state index in [0.29, 0.717) is 31.8 Å². The van der Waals surface area contributed by atoms with E-state index in [0.717, 1.165) is 10.3 Å². The van der Waals surface area contributed by atoms with E-state index in [1.807, 2.05) is 0 Å². The fourth-order valence-corrected chi connectivity index (χ4v) is 1.88. The second-order valence-electron chi connectivity index (χ2n) is 3.47. The Morgan fingerprint density at radius 3 is 2.83 bits per heavy atom. The van der Waals surface area contributed by atoms with Crippen LogP contribution in [0.2, 0.25) is 0 Å². The highest BCUT2D eigenvalue weighted by molar-refractivity contribution is 9.10. The predicted molar refractivity (Wildman–Crippen MR) is 73.6 cm³/mol. The lowest BCUT2D eigenvalue weighted by Crippen LogP contribution is -2.10. The molecule has 0 radical (unpaired) electrons. The average Bonchev–Trinajstić information content (AvgIpc) is 2.36. The Morgan fingerprint density at radius 1 is 1.44 bits per heavy atom. The number of nitrogens with zero attached hydrogens (tertiary/aromatic N) is 2. The molecule has 0 unspecified atom stereocenters. The second kappa shape index (κ2) is 7.86. The molecule has 0 aromatic carbocycles. The summed E-state index contributed by atoms with van der Waals surface area (Å²) in [6.45, 7) is 2.88. The second-order valence-corrected chi connectivity index (χ2v) is 4.26. The third-order valence-electron chi connectivity index (χ3n) is 2.18. The van der Waals surface area contributed by atoms with Crippen molar-refractivity contribution in [3.63, 3.8) is 0 Å². The van der Waals surface area contributed by atoms with Gasteiger partial charge in [0.1, 0.15) is 22.4 Å². The summed E-state index contributed by atoms with van der Waals surface area (Å²) in [6.07, 6.45) is 2.58. The molecule has 1 heterocycles. The van der Waals surface area contributed by atoms with E-state index < -0.39 is 0 Å². The summed E-state index contributed by atoms with van der Waals surface area (Å²) >= 11 is 3.41. The number of carbonyl (C=O) groups is 1. The number of aromatic nitrogens is 2. The van der Waals surface area contributed by atoms with E-state index in [1.54, 1.807) is 14.0 Å². The van der Waals surface area contributed by atoms with Crippen LogP contribution in [-0.2, 0) is 9.53 Å². The minimum absolute atomic E-state index is 0.169. The maximum Gasteiger partial charge on any atom is 0.305 e. The Hall–Kier alpha value is -1.37. The van der Waals surface area contributed by atoms with Crippen molar-refractivity contribution in [3.8, 4) is 0 Å². The van der Waals surface area contributed by atoms with Crippen molar-refractivity contribution in [2.24, 2.45) is 0 Å². The van der Waals surface area contributed by atoms with E-state index in [2.05, 4.69) is 36.5 Å². The molecule has 0 spiro atoms. The van der Waals surface area contributed by atoms with E-state index in [-0.39, 0.29) is 5.97 Å². The van der Waals surface area contributed by atoms with Gasteiger partial charge in [-0.1, -0.05) is 0 Å². The Kier molecular flexibility index (Phi) is 6.42. The van der Waals surface area contributed by atoms with Gasteiger partial charge in [0.15, 0.2) is 0 Å². The zero-order chi connectivity index (χ0) is 13.4. The summed E-state index contributed by atoms with van der Waals surface area (Å²) in [5.74, 6) is 1.26. The van der Waals surface area contributed by atoms with Crippen molar-refractivity contribution >= 4 is 33.5 Å². The van der Waals surface area contributed by atoms with E-state index in [4.69, 9.17) is 4.74 Å². The molecular formula is C11H17BrN4O2. The Morgan fingerprint density at radius 2 is 2.17 bits per heavy atom. The molecule has 2 N–H and O–H groups in total. The molecule has 0 aliphatic carbocycles. The van der Waals surface area contributed by atoms with Crippen molar-refractivity contribution in [1.82, 2.24) is 9.97 Å². The average molecular weight is 317 g/mol. The molecule has 0 aliphatic rings. The van der Waals surface area contributed by atoms with Crippen LogP contribution in [0.1, 0.15) is 19.8 Å². The van der Waals surface area contributed by atoms with Gasteiger partial charge in [-0.05, 0) is 29.3 Å². The summed E-state index contributed by atoms with van der Waals surface area (Å²) in [5.41, 5.74) is 0. The Bertz CT molecular complexity index is 401. The number of hydrogen-bond acceptors (Lipinski definition) is 6. The van der Waals surface area contributed by atoms with Crippen LogP contribution in [-0.4, -0.2) is 36.1 Å². The van der Waals surface area contributed by atoms with Gasteiger partial charge in [-0.2, -0.15) is 0 Å². The first kappa shape index (κ1) is 14.7. The van der Waals surface area contributed by atoms with Crippen molar-refractivity contribution in [3.05, 3.63) is 10.8 Å². The fourth-order valence-electron chi connectivity index (χ4n) is 1.34. The summed E-state index contributed by atoms with van der Waals surface area (Å²) in [7, 11) is 1.79. The van der Waals surface area contributed by atoms with Gasteiger partial charge in [0.2, 0.25) is 0 Å². The third kappa shape index (κ3) is 4.48. The van der Waals surface area contributed by atoms with Crippen LogP contribution in [0.5, 0.6) is 0 Å². The summed E-state index contributed by atoms with van der Waals surface area (Å²) in [5, 5.41) is 6.09. The van der Waals surface area contributed by atoms with Gasteiger partial charge >= 0.3 is 5.97 Å². The highest BCUT2D eigenvalue weighted by Crippen LogP contribution is 2.25. The number of halogens is 1. The first-order valence-corrected chi connectivity index (χ1v) is 6.56. The molecule has 0 saturated heterocycles. The molecule has 1 aromatic heterocycles. The van der Waals surface area contributed by atoms with Crippen molar-refractivity contribution < 1.29 is 9.53 Å². The molecule has 0 aliphatic heterocycles. The summed E-state index contributed by atoms with van der Waals surface area (Å²) < 4.78 is 5.62. The lowest BCUT2D eigenvalue weighted by atomic mass is 10.3. The molecule has 1 rings (SSSR count). The zero-order valence-electron chi connectivity index (χ0n) is 10.5. The molecule has 0 atom stereocenters. The number of esters is 1. The maximum absolute atomic E-state index is 11.1. The molecule has 6 nitrogen and oxygen atoms in total. The molecule has 0 fully saturated rings. The smallest absolute Gasteiger partial charge is 0.305 e. The first-order valence-electron chi connectivity index (χ1n) is 5.76. The minimum Gasteiger partial charge on any atom is -0.466 e. The lowest BCUT2D eigenvalue weighted by Gasteiger charge is -2.09. The van der Waals surface area contributed by atoms with Gasteiger partial charge in [-0.3, -0.25) is 4.79 Å². The molecule has 1 aromatic rings. The standard InChI is InChI=1S/C11H17BrN4O2/c1-3-18-8(17)5-4-6-14-11-9(12)10(13-2)15-7-16-11/h7H,3-6H2,1-2H3,(H2,13,14,15,16). The van der Waals surface area contributed by atoms with Gasteiger partial charge < -0.3 is 15.4 Å². The molecule has 18 heavy (non-hydrogen) atoms. The number of nitrogens with one attached hydrogen (secondary N) is 2. The van der Waals surface area contributed by atoms with Crippen LogP contribution in [0.15, 0.2) is 10.8 Å². The Balaban J connectivity index is 2.38. The largest absolute Gasteiger partial charge is 0.466 e. The molecular weight excluding hydrogens is 300 g/mol. The quantitative estimate of drug-likeness (QED) is 0.592. The topological polar surface area (TPSA) is 76.1 Å². The zero-order valence-corrected chi connectivity index (χ0v) is 12.1. The monoisotopic (exact) mass is 316 g/mol. The van der Waals surface area contributed by atoms with Crippen LogP contribution >= 0.6 is 15.9 Å². The highest BCUT2D eigenvalue weighted by Gasteiger charge is 2.07. The van der Waals surface area contributed by atoms with E-state index in [1.165, 1.54) is 6.33 Å². The molecule has 0 amide bonds. The van der Waals surface area contributed by atoms with Crippen molar-refractivity contribution in [2.45, 2.75) is 19.8 Å². The van der Waals surface area contributed by atoms with Gasteiger partial charge in [0.05, 0.1) is 6.61 Å². The maximum atomic E-state index is 11.1. The van der Waals surface area contributed by atoms with E-state index in [9.17, 15) is 4.79 Å². The van der Waals surface area contributed by atoms with Gasteiger partial charge in [-0.15, -0.1) is 0 Å². The van der Waals surface area contributed by atoms with Crippen molar-refractivity contribution in [1.29, 1.82) is 0 Å². The third-order valence-corrected chi connectivity index (χ3v) is 2.93. The van der Waals surface area contributed by atoms with Crippen LogP contribution in [0, 0.1) is 0 Å². The first-order chi connectivity index (χ1) is 8.69. The fraction of sp³-hybridized carbons (Fsp3) is 0.545. The normalized spacial score (nSPS) is 9.94. The predicted octanol–water partition coefficient (Wildman–Crippen LogP) is 2.04. The minimum atomic E-state index is -0.169. The molecule has 100 valence electrons. The number of carbonyl (C=O) groups excluding carboxylic acids is 1. The van der Waals surface area contributed by atoms with Crippen LogP contribution in [0.3, 0.4) is 0 Å². The SMILES string of the molecule is CCOC(=O)CCCNc1ncnc(NC)c1Br. The summed E-state index contributed by atoms with van der Waals surface area (Å²) in [4.78, 5) is 19.3.